The second-order valence-corrected chi connectivity index (χ2v) is 4.63. The maximum atomic E-state index is 5.27. The molecule has 1 saturated heterocycles. The minimum atomic E-state index is 0. The summed E-state index contributed by atoms with van der Waals surface area (Å²) in [6.45, 7) is 8.00. The molecular weight excluding hydrogens is 381 g/mol. The molecule has 0 unspecified atom stereocenters. The summed E-state index contributed by atoms with van der Waals surface area (Å²) in [5, 5.41) is 7.23. The van der Waals surface area contributed by atoms with Crippen LogP contribution in [0.1, 0.15) is 12.6 Å². The Labute approximate surface area is 143 Å². The van der Waals surface area contributed by atoms with Crippen molar-refractivity contribution < 1.29 is 4.52 Å². The molecule has 0 aromatic carbocycles. The molecule has 0 bridgehead atoms. The fraction of sp³-hybridized carbons (Fsp3) is 0.571. The van der Waals surface area contributed by atoms with Crippen molar-refractivity contribution in [2.45, 2.75) is 13.5 Å². The van der Waals surface area contributed by atoms with Crippen LogP contribution in [0.15, 0.2) is 21.8 Å². The van der Waals surface area contributed by atoms with E-state index in [9.17, 15) is 0 Å². The van der Waals surface area contributed by atoms with E-state index in [1.165, 1.54) is 0 Å². The van der Waals surface area contributed by atoms with Crippen molar-refractivity contribution in [3.63, 3.8) is 0 Å². The SMILES string of the molecule is C#CCN=C(NCC)N1CCN(Cc2ccon2)CC1.I. The molecule has 6 nitrogen and oxygen atoms in total. The molecule has 1 aliphatic heterocycles. The first-order valence-corrected chi connectivity index (χ1v) is 6.91. The van der Waals surface area contributed by atoms with Gasteiger partial charge in [0, 0.05) is 45.3 Å². The third kappa shape index (κ3) is 5.55. The summed E-state index contributed by atoms with van der Waals surface area (Å²) < 4.78 is 4.86. The molecule has 116 valence electrons. The maximum Gasteiger partial charge on any atom is 0.194 e. The molecule has 1 N–H and O–H groups in total. The summed E-state index contributed by atoms with van der Waals surface area (Å²) in [5.74, 6) is 3.46. The second kappa shape index (κ2) is 9.63. The number of guanidine groups is 1. The Morgan fingerprint density at radius 3 is 2.81 bits per heavy atom. The van der Waals surface area contributed by atoms with Crippen molar-refractivity contribution in [3.05, 3.63) is 18.0 Å². The van der Waals surface area contributed by atoms with Gasteiger partial charge in [-0.05, 0) is 6.92 Å². The van der Waals surface area contributed by atoms with Gasteiger partial charge in [0.15, 0.2) is 5.96 Å². The average Bonchev–Trinajstić information content (AvgIpc) is 2.97. The van der Waals surface area contributed by atoms with Crippen molar-refractivity contribution in [2.75, 3.05) is 39.3 Å². The van der Waals surface area contributed by atoms with E-state index in [4.69, 9.17) is 10.9 Å². The van der Waals surface area contributed by atoms with Gasteiger partial charge < -0.3 is 14.7 Å². The van der Waals surface area contributed by atoms with Crippen LogP contribution in [0.5, 0.6) is 0 Å². The maximum absolute atomic E-state index is 5.27. The number of rotatable bonds is 4. The highest BCUT2D eigenvalue weighted by molar-refractivity contribution is 14.0. The van der Waals surface area contributed by atoms with Gasteiger partial charge in [0.25, 0.3) is 0 Å². The van der Waals surface area contributed by atoms with Gasteiger partial charge in [-0.15, -0.1) is 30.4 Å². The molecule has 1 aromatic rings. The lowest BCUT2D eigenvalue weighted by Gasteiger charge is -2.36. The highest BCUT2D eigenvalue weighted by Gasteiger charge is 2.19. The highest BCUT2D eigenvalue weighted by atomic mass is 127. The Hall–Kier alpha value is -1.27. The van der Waals surface area contributed by atoms with Crippen LogP contribution in [0.2, 0.25) is 0 Å². The molecule has 0 amide bonds. The van der Waals surface area contributed by atoms with Crippen LogP contribution in [0.4, 0.5) is 0 Å². The third-order valence-corrected chi connectivity index (χ3v) is 3.20. The fourth-order valence-electron chi connectivity index (χ4n) is 2.21. The third-order valence-electron chi connectivity index (χ3n) is 3.20. The summed E-state index contributed by atoms with van der Waals surface area (Å²) in [6, 6.07) is 1.91. The first-order valence-electron chi connectivity index (χ1n) is 6.91. The lowest BCUT2D eigenvalue weighted by Crippen LogP contribution is -2.52. The zero-order valence-electron chi connectivity index (χ0n) is 12.3. The quantitative estimate of drug-likeness (QED) is 0.352. The lowest BCUT2D eigenvalue weighted by molar-refractivity contribution is 0.169. The van der Waals surface area contributed by atoms with Gasteiger partial charge in [0.1, 0.15) is 12.8 Å². The zero-order valence-corrected chi connectivity index (χ0v) is 14.6. The van der Waals surface area contributed by atoms with Crippen LogP contribution in [-0.4, -0.2) is 60.2 Å². The molecule has 0 atom stereocenters. The van der Waals surface area contributed by atoms with E-state index < -0.39 is 0 Å². The molecule has 0 saturated carbocycles. The number of hydrogen-bond acceptors (Lipinski definition) is 4. The molecule has 2 heterocycles. The smallest absolute Gasteiger partial charge is 0.194 e. The molecule has 2 rings (SSSR count). The number of hydrogen-bond donors (Lipinski definition) is 1. The minimum Gasteiger partial charge on any atom is -0.364 e. The normalized spacial score (nSPS) is 16.2. The van der Waals surface area contributed by atoms with E-state index in [2.05, 4.69) is 38.1 Å². The summed E-state index contributed by atoms with van der Waals surface area (Å²) in [7, 11) is 0. The standard InChI is InChI=1S/C14H21N5O.HI/c1-3-6-16-14(15-4-2)19-9-7-18(8-10-19)12-13-5-11-20-17-13;/h1,5,11H,4,6-10,12H2,2H3,(H,15,16);1H. The first-order chi connectivity index (χ1) is 9.83. The zero-order chi connectivity index (χ0) is 14.2. The van der Waals surface area contributed by atoms with Gasteiger partial charge in [-0.25, -0.2) is 4.99 Å². The van der Waals surface area contributed by atoms with Crippen molar-refractivity contribution in [3.8, 4) is 12.3 Å². The summed E-state index contributed by atoms with van der Waals surface area (Å²) in [5.41, 5.74) is 0.978. The Morgan fingerprint density at radius 1 is 1.48 bits per heavy atom. The number of aliphatic imine (C=N–C) groups is 1. The molecule has 0 aliphatic carbocycles. The predicted molar refractivity (Wildman–Crippen MR) is 93.6 cm³/mol. The molecule has 1 fully saturated rings. The van der Waals surface area contributed by atoms with Crippen molar-refractivity contribution >= 4 is 29.9 Å². The van der Waals surface area contributed by atoms with Crippen LogP contribution >= 0.6 is 24.0 Å². The van der Waals surface area contributed by atoms with Gasteiger partial charge in [0.2, 0.25) is 0 Å². The number of piperazine rings is 1. The van der Waals surface area contributed by atoms with E-state index in [0.29, 0.717) is 6.54 Å². The molecule has 21 heavy (non-hydrogen) atoms. The number of nitrogens with one attached hydrogen (secondary N) is 1. The second-order valence-electron chi connectivity index (χ2n) is 4.63. The Morgan fingerprint density at radius 2 is 2.24 bits per heavy atom. The summed E-state index contributed by atoms with van der Waals surface area (Å²) >= 11 is 0. The van der Waals surface area contributed by atoms with Gasteiger partial charge in [0.05, 0.1) is 5.69 Å². The van der Waals surface area contributed by atoms with Crippen LogP contribution in [-0.2, 0) is 6.54 Å². The number of nitrogens with zero attached hydrogens (tertiary/aromatic N) is 4. The largest absolute Gasteiger partial charge is 0.364 e. The van der Waals surface area contributed by atoms with E-state index in [0.717, 1.165) is 50.9 Å². The Kier molecular flexibility index (Phi) is 8.15. The number of aromatic nitrogens is 1. The van der Waals surface area contributed by atoms with E-state index >= 15 is 0 Å². The van der Waals surface area contributed by atoms with Gasteiger partial charge in [-0.1, -0.05) is 11.1 Å². The predicted octanol–water partition coefficient (Wildman–Crippen LogP) is 1.01. The first kappa shape index (κ1) is 17.8. The number of halogens is 1. The molecule has 7 heteroatoms. The van der Waals surface area contributed by atoms with Crippen molar-refractivity contribution in [2.24, 2.45) is 4.99 Å². The highest BCUT2D eigenvalue weighted by Crippen LogP contribution is 2.07. The molecule has 0 spiro atoms. The topological polar surface area (TPSA) is 56.9 Å². The monoisotopic (exact) mass is 403 g/mol. The number of terminal acetylenes is 1. The van der Waals surface area contributed by atoms with E-state index in [1.54, 1.807) is 6.26 Å². The molecule has 0 radical (unpaired) electrons. The van der Waals surface area contributed by atoms with Crippen LogP contribution in [0.25, 0.3) is 0 Å². The van der Waals surface area contributed by atoms with Gasteiger partial charge in [-0.3, -0.25) is 4.90 Å². The Balaban J connectivity index is 0.00000220. The van der Waals surface area contributed by atoms with E-state index in [1.807, 2.05) is 6.07 Å². The lowest BCUT2D eigenvalue weighted by atomic mass is 10.3. The van der Waals surface area contributed by atoms with Crippen molar-refractivity contribution in [1.29, 1.82) is 0 Å². The average molecular weight is 403 g/mol. The molecule has 1 aromatic heterocycles. The van der Waals surface area contributed by atoms with Crippen LogP contribution in [0, 0.1) is 12.3 Å². The minimum absolute atomic E-state index is 0. The Bertz CT molecular complexity index is 460. The van der Waals surface area contributed by atoms with E-state index in [-0.39, 0.29) is 24.0 Å². The van der Waals surface area contributed by atoms with Gasteiger partial charge in [-0.2, -0.15) is 0 Å². The molecular formula is C14H22IN5O. The fourth-order valence-corrected chi connectivity index (χ4v) is 2.21. The van der Waals surface area contributed by atoms with Gasteiger partial charge >= 0.3 is 0 Å². The van der Waals surface area contributed by atoms with Crippen LogP contribution < -0.4 is 5.32 Å². The summed E-state index contributed by atoms with van der Waals surface area (Å²) in [4.78, 5) is 9.02. The van der Waals surface area contributed by atoms with Crippen LogP contribution in [0.3, 0.4) is 0 Å². The summed E-state index contributed by atoms with van der Waals surface area (Å²) in [6.07, 6.45) is 6.89. The molecule has 1 aliphatic rings. The van der Waals surface area contributed by atoms with Crippen molar-refractivity contribution in [1.82, 2.24) is 20.3 Å².